The largest absolute Gasteiger partial charge is 0.353 e. The topological polar surface area (TPSA) is 61.4 Å². The monoisotopic (exact) mass is 379 g/mol. The first kappa shape index (κ1) is 18.5. The third-order valence-electron chi connectivity index (χ3n) is 4.17. The molecule has 3 rings (SSSR count). The Labute approximate surface area is 154 Å². The summed E-state index contributed by atoms with van der Waals surface area (Å²) >= 11 is 1.60. The van der Waals surface area contributed by atoms with Gasteiger partial charge < -0.3 is 10.6 Å². The molecule has 0 spiro atoms. The fourth-order valence-electron chi connectivity index (χ4n) is 2.94. The average Bonchev–Trinajstić information content (AvgIpc) is 3.08. The molecule has 8 heteroatoms. The van der Waals surface area contributed by atoms with Gasteiger partial charge in [0.1, 0.15) is 11.6 Å². The van der Waals surface area contributed by atoms with Crippen LogP contribution in [0.5, 0.6) is 0 Å². The van der Waals surface area contributed by atoms with Crippen LogP contribution >= 0.6 is 11.3 Å². The van der Waals surface area contributed by atoms with Crippen LogP contribution in [0.2, 0.25) is 0 Å². The first-order valence-corrected chi connectivity index (χ1v) is 9.15. The summed E-state index contributed by atoms with van der Waals surface area (Å²) in [5, 5.41) is 7.38. The minimum atomic E-state index is -0.692. The molecule has 2 N–H and O–H groups in total. The van der Waals surface area contributed by atoms with E-state index in [1.165, 1.54) is 12.1 Å². The van der Waals surface area contributed by atoms with Gasteiger partial charge in [0.2, 0.25) is 11.8 Å². The van der Waals surface area contributed by atoms with Crippen LogP contribution in [0, 0.1) is 11.6 Å². The van der Waals surface area contributed by atoms with Crippen LogP contribution in [-0.2, 0) is 22.7 Å². The van der Waals surface area contributed by atoms with Crippen molar-refractivity contribution >= 4 is 23.2 Å². The Morgan fingerprint density at radius 3 is 2.77 bits per heavy atom. The highest BCUT2D eigenvalue weighted by Gasteiger charge is 2.31. The van der Waals surface area contributed by atoms with E-state index in [-0.39, 0.29) is 24.8 Å². The number of nitrogens with zero attached hydrogens (tertiary/aromatic N) is 1. The van der Waals surface area contributed by atoms with Gasteiger partial charge in [-0.2, -0.15) is 0 Å². The number of hydrogen-bond donors (Lipinski definition) is 2. The van der Waals surface area contributed by atoms with E-state index in [0.29, 0.717) is 25.2 Å². The van der Waals surface area contributed by atoms with Crippen molar-refractivity contribution in [3.63, 3.8) is 0 Å². The van der Waals surface area contributed by atoms with Gasteiger partial charge in [-0.25, -0.2) is 8.78 Å². The van der Waals surface area contributed by atoms with Gasteiger partial charge in [0.15, 0.2) is 0 Å². The Morgan fingerprint density at radius 2 is 2.08 bits per heavy atom. The lowest BCUT2D eigenvalue weighted by molar-refractivity contribution is -0.134. The fraction of sp³-hybridized carbons (Fsp3) is 0.333. The molecule has 0 radical (unpaired) electrons. The van der Waals surface area contributed by atoms with E-state index >= 15 is 0 Å². The number of thiophene rings is 1. The highest BCUT2D eigenvalue weighted by molar-refractivity contribution is 7.09. The minimum Gasteiger partial charge on any atom is -0.353 e. The van der Waals surface area contributed by atoms with Gasteiger partial charge in [0.25, 0.3) is 0 Å². The molecule has 1 saturated heterocycles. The highest BCUT2D eigenvalue weighted by atomic mass is 32.1. The summed E-state index contributed by atoms with van der Waals surface area (Å²) in [4.78, 5) is 27.6. The van der Waals surface area contributed by atoms with E-state index in [4.69, 9.17) is 0 Å². The number of carbonyl (C=O) groups is 2. The quantitative estimate of drug-likeness (QED) is 0.808. The molecular weight excluding hydrogens is 360 g/mol. The second-order valence-electron chi connectivity index (χ2n) is 6.12. The van der Waals surface area contributed by atoms with Crippen molar-refractivity contribution in [2.45, 2.75) is 25.6 Å². The number of rotatable bonds is 6. The number of hydrogen-bond acceptors (Lipinski definition) is 4. The molecular formula is C18H19F2N3O2S. The molecule has 1 fully saturated rings. The first-order chi connectivity index (χ1) is 12.5. The van der Waals surface area contributed by atoms with E-state index in [2.05, 4.69) is 10.6 Å². The standard InChI is InChI=1S/C18H19F2N3O2S/c19-13-6-12(7-14(20)8-13)10-22-17(24)9-16-18(25)21-3-4-23(16)11-15-2-1-5-26-15/h1-2,5-8,16H,3-4,9-11H2,(H,21,25)(H,22,24). The second-order valence-corrected chi connectivity index (χ2v) is 7.15. The van der Waals surface area contributed by atoms with Crippen molar-refractivity contribution in [3.05, 3.63) is 57.8 Å². The van der Waals surface area contributed by atoms with Crippen molar-refractivity contribution in [1.29, 1.82) is 0 Å². The lowest BCUT2D eigenvalue weighted by Crippen LogP contribution is -2.56. The number of halogens is 2. The highest BCUT2D eigenvalue weighted by Crippen LogP contribution is 2.17. The normalized spacial score (nSPS) is 17.8. The molecule has 1 atom stereocenters. The number of piperazine rings is 1. The molecule has 0 saturated carbocycles. The van der Waals surface area contributed by atoms with E-state index in [9.17, 15) is 18.4 Å². The number of amides is 2. The van der Waals surface area contributed by atoms with E-state index < -0.39 is 17.7 Å². The summed E-state index contributed by atoms with van der Waals surface area (Å²) in [5.41, 5.74) is 0.333. The maximum atomic E-state index is 13.2. The Kier molecular flexibility index (Phi) is 5.95. The van der Waals surface area contributed by atoms with Gasteiger partial charge in [-0.05, 0) is 29.1 Å². The summed E-state index contributed by atoms with van der Waals surface area (Å²) in [6.07, 6.45) is -0.00495. The Balaban J connectivity index is 1.59. The number of nitrogens with one attached hydrogen (secondary N) is 2. The van der Waals surface area contributed by atoms with Gasteiger partial charge in [-0.15, -0.1) is 11.3 Å². The van der Waals surface area contributed by atoms with Gasteiger partial charge in [-0.3, -0.25) is 14.5 Å². The van der Waals surface area contributed by atoms with Crippen LogP contribution in [0.25, 0.3) is 0 Å². The molecule has 2 amide bonds. The second kappa shape index (κ2) is 8.37. The van der Waals surface area contributed by atoms with Crippen LogP contribution in [-0.4, -0.2) is 35.8 Å². The predicted octanol–water partition coefficient (Wildman–Crippen LogP) is 2.03. The van der Waals surface area contributed by atoms with Crippen molar-refractivity contribution in [2.24, 2.45) is 0 Å². The van der Waals surface area contributed by atoms with Crippen molar-refractivity contribution in [1.82, 2.24) is 15.5 Å². The SMILES string of the molecule is O=C(CC1C(=O)NCCN1Cc1cccs1)NCc1cc(F)cc(F)c1. The zero-order chi connectivity index (χ0) is 18.5. The lowest BCUT2D eigenvalue weighted by Gasteiger charge is -2.34. The van der Waals surface area contributed by atoms with Crippen LogP contribution in [0.1, 0.15) is 16.9 Å². The molecule has 1 aromatic carbocycles. The summed E-state index contributed by atoms with van der Waals surface area (Å²) < 4.78 is 26.4. The van der Waals surface area contributed by atoms with E-state index in [1.54, 1.807) is 11.3 Å². The molecule has 2 heterocycles. The van der Waals surface area contributed by atoms with Gasteiger partial charge in [-0.1, -0.05) is 6.07 Å². The molecule has 1 aromatic heterocycles. The molecule has 0 aliphatic carbocycles. The van der Waals surface area contributed by atoms with Crippen LogP contribution in [0.15, 0.2) is 35.7 Å². The fourth-order valence-corrected chi connectivity index (χ4v) is 3.67. The molecule has 2 aromatic rings. The van der Waals surface area contributed by atoms with Crippen LogP contribution in [0.4, 0.5) is 8.78 Å². The zero-order valence-electron chi connectivity index (χ0n) is 14.0. The summed E-state index contributed by atoms with van der Waals surface area (Å²) in [5.74, 6) is -1.90. The van der Waals surface area contributed by atoms with Gasteiger partial charge in [0, 0.05) is 37.1 Å². The molecule has 1 unspecified atom stereocenters. The molecule has 1 aliphatic rings. The van der Waals surface area contributed by atoms with Crippen LogP contribution < -0.4 is 10.6 Å². The molecule has 1 aliphatic heterocycles. The van der Waals surface area contributed by atoms with Crippen molar-refractivity contribution in [2.75, 3.05) is 13.1 Å². The Hall–Kier alpha value is -2.32. The Bertz CT molecular complexity index is 762. The van der Waals surface area contributed by atoms with E-state index in [1.807, 2.05) is 22.4 Å². The first-order valence-electron chi connectivity index (χ1n) is 8.27. The third kappa shape index (κ3) is 4.86. The molecule has 138 valence electrons. The summed E-state index contributed by atoms with van der Waals surface area (Å²) in [6, 6.07) is 6.49. The summed E-state index contributed by atoms with van der Waals surface area (Å²) in [6.45, 7) is 1.83. The summed E-state index contributed by atoms with van der Waals surface area (Å²) in [7, 11) is 0. The molecule has 0 bridgehead atoms. The Morgan fingerprint density at radius 1 is 1.31 bits per heavy atom. The van der Waals surface area contributed by atoms with Gasteiger partial charge in [0.05, 0.1) is 12.5 Å². The van der Waals surface area contributed by atoms with Crippen LogP contribution in [0.3, 0.4) is 0 Å². The zero-order valence-corrected chi connectivity index (χ0v) is 14.8. The predicted molar refractivity (Wildman–Crippen MR) is 94.3 cm³/mol. The van der Waals surface area contributed by atoms with Crippen molar-refractivity contribution < 1.29 is 18.4 Å². The average molecular weight is 379 g/mol. The van der Waals surface area contributed by atoms with Crippen molar-refractivity contribution in [3.8, 4) is 0 Å². The molecule has 26 heavy (non-hydrogen) atoms. The third-order valence-corrected chi connectivity index (χ3v) is 5.03. The number of carbonyl (C=O) groups excluding carboxylic acids is 2. The maximum Gasteiger partial charge on any atom is 0.237 e. The van der Waals surface area contributed by atoms with E-state index in [0.717, 1.165) is 10.9 Å². The molecule has 5 nitrogen and oxygen atoms in total. The smallest absolute Gasteiger partial charge is 0.237 e. The lowest BCUT2D eigenvalue weighted by atomic mass is 10.1. The van der Waals surface area contributed by atoms with Gasteiger partial charge >= 0.3 is 0 Å². The minimum absolute atomic E-state index is 0.00495. The number of benzene rings is 1. The maximum absolute atomic E-state index is 13.2.